The van der Waals surface area contributed by atoms with Crippen molar-refractivity contribution < 1.29 is 24.1 Å². The van der Waals surface area contributed by atoms with Crippen LogP contribution in [0.2, 0.25) is 0 Å². The molecule has 2 rings (SSSR count). The second-order valence-electron chi connectivity index (χ2n) is 3.56. The highest BCUT2D eigenvalue weighted by molar-refractivity contribution is 5.76. The Morgan fingerprint density at radius 2 is 2.12 bits per heavy atom. The first-order valence-electron chi connectivity index (χ1n) is 5.46. The highest BCUT2D eigenvalue weighted by atomic mass is 16.6. The van der Waals surface area contributed by atoms with Crippen LogP contribution in [0.3, 0.4) is 0 Å². The number of benzene rings is 1. The Morgan fingerprint density at radius 3 is 2.82 bits per heavy atom. The van der Waals surface area contributed by atoms with Gasteiger partial charge < -0.3 is 19.3 Å². The molecule has 0 fully saturated rings. The Morgan fingerprint density at radius 1 is 1.41 bits per heavy atom. The van der Waals surface area contributed by atoms with Gasteiger partial charge in [0.2, 0.25) is 0 Å². The fourth-order valence-corrected chi connectivity index (χ4v) is 1.59. The topological polar surface area (TPSA) is 65.0 Å². The van der Waals surface area contributed by atoms with E-state index < -0.39 is 12.1 Å². The third-order valence-corrected chi connectivity index (χ3v) is 2.39. The maximum absolute atomic E-state index is 11.4. The fraction of sp³-hybridized carbons (Fsp3) is 0.417. The molecule has 1 unspecified atom stereocenters. The number of hydrogen-bond acceptors (Lipinski definition) is 5. The predicted octanol–water partition coefficient (Wildman–Crippen LogP) is 1.05. The van der Waals surface area contributed by atoms with Gasteiger partial charge in [0.1, 0.15) is 13.2 Å². The molecule has 92 valence electrons. The summed E-state index contributed by atoms with van der Waals surface area (Å²) in [4.78, 5) is 11.4. The zero-order valence-electron chi connectivity index (χ0n) is 9.51. The van der Waals surface area contributed by atoms with E-state index in [1.165, 1.54) is 0 Å². The van der Waals surface area contributed by atoms with Crippen LogP contribution in [0.4, 0.5) is 0 Å². The second kappa shape index (κ2) is 5.05. The van der Waals surface area contributed by atoms with E-state index >= 15 is 0 Å². The quantitative estimate of drug-likeness (QED) is 0.797. The normalized spacial score (nSPS) is 15.2. The van der Waals surface area contributed by atoms with E-state index in [1.807, 2.05) is 0 Å². The van der Waals surface area contributed by atoms with Crippen LogP contribution in [0.15, 0.2) is 18.2 Å². The molecule has 1 aliphatic heterocycles. The smallest absolute Gasteiger partial charge is 0.339 e. The molecule has 0 spiro atoms. The maximum Gasteiger partial charge on any atom is 0.339 e. The van der Waals surface area contributed by atoms with E-state index in [0.717, 1.165) is 0 Å². The third kappa shape index (κ3) is 2.50. The number of fused-ring (bicyclic) bond motifs is 1. The zero-order chi connectivity index (χ0) is 12.3. The van der Waals surface area contributed by atoms with Gasteiger partial charge in [0.05, 0.1) is 6.61 Å². The maximum atomic E-state index is 11.4. The van der Waals surface area contributed by atoms with Crippen LogP contribution in [0.5, 0.6) is 11.5 Å². The summed E-state index contributed by atoms with van der Waals surface area (Å²) >= 11 is 0. The minimum Gasteiger partial charge on any atom is -0.486 e. The summed E-state index contributed by atoms with van der Waals surface area (Å²) in [5.41, 5.74) is 0.438. The van der Waals surface area contributed by atoms with Crippen molar-refractivity contribution in [1.29, 1.82) is 0 Å². The van der Waals surface area contributed by atoms with Crippen molar-refractivity contribution in [3.05, 3.63) is 23.8 Å². The van der Waals surface area contributed by atoms with E-state index in [0.29, 0.717) is 30.3 Å². The molecule has 5 nitrogen and oxygen atoms in total. The molecule has 0 aliphatic carbocycles. The molecule has 1 atom stereocenters. The van der Waals surface area contributed by atoms with Gasteiger partial charge in [-0.25, -0.2) is 4.79 Å². The van der Waals surface area contributed by atoms with Gasteiger partial charge in [-0.05, 0) is 24.6 Å². The molecular weight excluding hydrogens is 224 g/mol. The van der Waals surface area contributed by atoms with Crippen LogP contribution in [0, 0.1) is 0 Å². The molecule has 1 aliphatic rings. The number of rotatable bonds is 3. The molecule has 0 aromatic heterocycles. The van der Waals surface area contributed by atoms with Crippen LogP contribution >= 0.6 is 0 Å². The number of carbonyl (C=O) groups excluding carboxylic acids is 1. The Hall–Kier alpha value is -1.75. The predicted molar refractivity (Wildman–Crippen MR) is 59.0 cm³/mol. The molecular formula is C12H14O5. The monoisotopic (exact) mass is 238 g/mol. The van der Waals surface area contributed by atoms with E-state index in [-0.39, 0.29) is 6.61 Å². The molecule has 0 amide bonds. The first kappa shape index (κ1) is 11.7. The second-order valence-corrected chi connectivity index (χ2v) is 3.56. The number of aliphatic hydroxyl groups is 1. The largest absolute Gasteiger partial charge is 0.486 e. The highest BCUT2D eigenvalue weighted by Crippen LogP contribution is 2.32. The summed E-state index contributed by atoms with van der Waals surface area (Å²) in [5, 5.41) is 9.75. The van der Waals surface area contributed by atoms with Gasteiger partial charge in [-0.1, -0.05) is 6.07 Å². The van der Waals surface area contributed by atoms with Gasteiger partial charge in [0.25, 0.3) is 0 Å². The van der Waals surface area contributed by atoms with Gasteiger partial charge in [0.15, 0.2) is 17.6 Å². The number of carbonyl (C=O) groups is 1. The van der Waals surface area contributed by atoms with Crippen LogP contribution in [0.1, 0.15) is 18.6 Å². The lowest BCUT2D eigenvalue weighted by atomic mass is 10.1. The van der Waals surface area contributed by atoms with Crippen LogP contribution < -0.4 is 9.47 Å². The van der Waals surface area contributed by atoms with E-state index in [4.69, 9.17) is 14.2 Å². The average molecular weight is 238 g/mol. The van der Waals surface area contributed by atoms with Crippen LogP contribution in [0.25, 0.3) is 0 Å². The number of ether oxygens (including phenoxy) is 3. The van der Waals surface area contributed by atoms with E-state index in [2.05, 4.69) is 0 Å². The molecule has 0 saturated heterocycles. The molecule has 5 heteroatoms. The minimum atomic E-state index is -1.29. The number of hydrogen-bond donors (Lipinski definition) is 1. The molecule has 0 bridgehead atoms. The molecule has 0 radical (unpaired) electrons. The summed E-state index contributed by atoms with van der Waals surface area (Å²) in [7, 11) is 0. The van der Waals surface area contributed by atoms with Crippen LogP contribution in [-0.4, -0.2) is 30.9 Å². The van der Waals surface area contributed by atoms with Gasteiger partial charge >= 0.3 is 5.97 Å². The van der Waals surface area contributed by atoms with Crippen molar-refractivity contribution in [3.8, 4) is 11.5 Å². The Balaban J connectivity index is 2.18. The molecule has 1 heterocycles. The Labute approximate surface area is 98.9 Å². The molecule has 1 aromatic carbocycles. The van der Waals surface area contributed by atoms with Crippen molar-refractivity contribution in [2.24, 2.45) is 0 Å². The molecule has 17 heavy (non-hydrogen) atoms. The molecule has 1 aromatic rings. The summed E-state index contributed by atoms with van der Waals surface area (Å²) in [6, 6.07) is 4.89. The van der Waals surface area contributed by atoms with E-state index in [9.17, 15) is 9.90 Å². The lowest BCUT2D eigenvalue weighted by molar-refractivity contribution is -0.153. The van der Waals surface area contributed by atoms with Crippen molar-refractivity contribution in [1.82, 2.24) is 0 Å². The first-order chi connectivity index (χ1) is 8.22. The minimum absolute atomic E-state index is 0.237. The van der Waals surface area contributed by atoms with E-state index in [1.54, 1.807) is 25.1 Å². The number of aliphatic hydroxyl groups excluding tert-OH is 1. The van der Waals surface area contributed by atoms with Gasteiger partial charge in [0, 0.05) is 0 Å². The lowest BCUT2D eigenvalue weighted by Crippen LogP contribution is -2.18. The number of esters is 1. The SMILES string of the molecule is CCOC(=O)C(O)c1ccc2c(c1)OCCO2. The van der Waals surface area contributed by atoms with Gasteiger partial charge in [-0.2, -0.15) is 0 Å². The zero-order valence-corrected chi connectivity index (χ0v) is 9.51. The average Bonchev–Trinajstić information content (AvgIpc) is 2.37. The molecule has 1 N–H and O–H groups in total. The van der Waals surface area contributed by atoms with Crippen molar-refractivity contribution >= 4 is 5.97 Å². The summed E-state index contributed by atoms with van der Waals surface area (Å²) < 4.78 is 15.5. The van der Waals surface area contributed by atoms with Crippen LogP contribution in [-0.2, 0) is 9.53 Å². The third-order valence-electron chi connectivity index (χ3n) is 2.39. The Kier molecular flexibility index (Phi) is 3.49. The van der Waals surface area contributed by atoms with Crippen molar-refractivity contribution in [2.75, 3.05) is 19.8 Å². The lowest BCUT2D eigenvalue weighted by Gasteiger charge is -2.19. The fourth-order valence-electron chi connectivity index (χ4n) is 1.59. The Bertz CT molecular complexity index is 415. The summed E-state index contributed by atoms with van der Waals surface area (Å²) in [6.07, 6.45) is -1.29. The first-order valence-corrected chi connectivity index (χ1v) is 5.46. The van der Waals surface area contributed by atoms with Gasteiger partial charge in [-0.3, -0.25) is 0 Å². The summed E-state index contributed by atoms with van der Waals surface area (Å²) in [5.74, 6) is 0.498. The molecule has 0 saturated carbocycles. The highest BCUT2D eigenvalue weighted by Gasteiger charge is 2.21. The van der Waals surface area contributed by atoms with Crippen molar-refractivity contribution in [3.63, 3.8) is 0 Å². The van der Waals surface area contributed by atoms with Crippen molar-refractivity contribution in [2.45, 2.75) is 13.0 Å². The standard InChI is InChI=1S/C12H14O5/c1-2-15-12(14)11(13)8-3-4-9-10(7-8)17-6-5-16-9/h3-4,7,11,13H,2,5-6H2,1H3. The summed E-state index contributed by atoms with van der Waals surface area (Å²) in [6.45, 7) is 2.90. The van der Waals surface area contributed by atoms with Gasteiger partial charge in [-0.15, -0.1) is 0 Å².